The summed E-state index contributed by atoms with van der Waals surface area (Å²) < 4.78 is 5.17. The molecule has 0 amide bonds. The minimum absolute atomic E-state index is 0.122. The number of phenols is 2. The van der Waals surface area contributed by atoms with Gasteiger partial charge in [0, 0.05) is 6.42 Å². The van der Waals surface area contributed by atoms with Crippen molar-refractivity contribution in [1.82, 2.24) is 10.8 Å². The third kappa shape index (κ3) is 5.19. The quantitative estimate of drug-likeness (QED) is 0.582. The van der Waals surface area contributed by atoms with Crippen LogP contribution in [0.4, 0.5) is 0 Å². The van der Waals surface area contributed by atoms with Crippen LogP contribution in [-0.2, 0) is 32.0 Å². The maximum absolute atomic E-state index is 12.3. The van der Waals surface area contributed by atoms with E-state index >= 15 is 0 Å². The van der Waals surface area contributed by atoms with Gasteiger partial charge < -0.3 is 19.8 Å². The van der Waals surface area contributed by atoms with E-state index in [1.165, 1.54) is 24.3 Å². The Bertz CT molecular complexity index is 791. The fourth-order valence-electron chi connectivity index (χ4n) is 2.66. The highest BCUT2D eigenvalue weighted by atomic mass is 16.7. The van der Waals surface area contributed by atoms with Gasteiger partial charge in [-0.1, -0.05) is 24.3 Å². The lowest BCUT2D eigenvalue weighted by Gasteiger charge is -2.16. The van der Waals surface area contributed by atoms with E-state index in [0.717, 1.165) is 11.1 Å². The molecule has 0 bridgehead atoms. The lowest BCUT2D eigenvalue weighted by atomic mass is 10.1. The zero-order valence-corrected chi connectivity index (χ0v) is 14.4. The summed E-state index contributed by atoms with van der Waals surface area (Å²) in [6.45, 7) is -0.134. The summed E-state index contributed by atoms with van der Waals surface area (Å²) in [5.41, 5.74) is 4.07. The Hall–Kier alpha value is -3.10. The maximum Gasteiger partial charge on any atom is 0.342 e. The summed E-state index contributed by atoms with van der Waals surface area (Å²) in [7, 11) is 0. The van der Waals surface area contributed by atoms with Crippen molar-refractivity contribution in [2.75, 3.05) is 6.73 Å². The summed E-state index contributed by atoms with van der Waals surface area (Å²) >= 11 is 0. The van der Waals surface area contributed by atoms with E-state index in [2.05, 4.69) is 10.8 Å². The normalized spacial score (nSPS) is 20.7. The molecule has 0 spiro atoms. The number of benzene rings is 2. The Labute approximate surface area is 155 Å². The predicted octanol–water partition coefficient (Wildman–Crippen LogP) is 0.772. The van der Waals surface area contributed by atoms with E-state index in [9.17, 15) is 19.8 Å². The van der Waals surface area contributed by atoms with E-state index in [4.69, 9.17) is 9.57 Å². The molecule has 1 fully saturated rings. The molecule has 0 aromatic heterocycles. The molecule has 0 saturated carbocycles. The molecule has 2 atom stereocenters. The number of nitrogens with one attached hydrogen (secondary N) is 2. The minimum atomic E-state index is -0.868. The van der Waals surface area contributed by atoms with E-state index in [-0.39, 0.29) is 24.7 Å². The lowest BCUT2D eigenvalue weighted by molar-refractivity contribution is -0.158. The number of phenolic OH excluding ortho intramolecular Hbond substituents is 2. The van der Waals surface area contributed by atoms with Gasteiger partial charge in [0.1, 0.15) is 30.3 Å². The van der Waals surface area contributed by atoms with Crippen molar-refractivity contribution in [3.63, 3.8) is 0 Å². The van der Waals surface area contributed by atoms with Crippen LogP contribution in [0.1, 0.15) is 11.1 Å². The standard InChI is InChI=1S/C19H20N2O6/c22-14-5-1-12(2-6-14)9-16-19(25)27-21-17(18(24)26-11-20-16)10-13-3-7-15(23)8-4-13/h1-8,16-17,20-23H,9-11H2. The second kappa shape index (κ2) is 8.52. The molecule has 3 rings (SSSR count). The van der Waals surface area contributed by atoms with Gasteiger partial charge in [-0.2, -0.15) is 0 Å². The molecule has 142 valence electrons. The van der Waals surface area contributed by atoms with Crippen molar-refractivity contribution in [1.29, 1.82) is 0 Å². The van der Waals surface area contributed by atoms with Crippen molar-refractivity contribution in [2.24, 2.45) is 0 Å². The van der Waals surface area contributed by atoms with Crippen molar-refractivity contribution >= 4 is 11.9 Å². The summed E-state index contributed by atoms with van der Waals surface area (Å²) in [4.78, 5) is 29.7. The molecular weight excluding hydrogens is 352 g/mol. The third-order valence-electron chi connectivity index (χ3n) is 4.17. The minimum Gasteiger partial charge on any atom is -0.508 e. The number of ether oxygens (including phenoxy) is 1. The van der Waals surface area contributed by atoms with Crippen LogP contribution in [0, 0.1) is 0 Å². The Kier molecular flexibility index (Phi) is 5.90. The lowest BCUT2D eigenvalue weighted by Crippen LogP contribution is -2.43. The SMILES string of the molecule is O=C1OCNC(Cc2ccc(O)cc2)C(=O)ONC1Cc1ccc(O)cc1. The van der Waals surface area contributed by atoms with Gasteiger partial charge in [-0.3, -0.25) is 10.1 Å². The number of cyclic esters (lactones) is 1. The van der Waals surface area contributed by atoms with Crippen molar-refractivity contribution in [3.8, 4) is 11.5 Å². The van der Waals surface area contributed by atoms with Crippen LogP contribution in [-0.4, -0.2) is 41.0 Å². The van der Waals surface area contributed by atoms with Gasteiger partial charge in [0.05, 0.1) is 0 Å². The van der Waals surface area contributed by atoms with Gasteiger partial charge in [-0.25, -0.2) is 4.79 Å². The molecule has 1 aliphatic rings. The molecule has 2 aromatic rings. The smallest absolute Gasteiger partial charge is 0.342 e. The second-order valence-electron chi connectivity index (χ2n) is 6.20. The number of aromatic hydroxyl groups is 2. The molecule has 0 aliphatic carbocycles. The molecule has 2 aromatic carbocycles. The van der Waals surface area contributed by atoms with Crippen LogP contribution >= 0.6 is 0 Å². The Morgan fingerprint density at radius 3 is 1.89 bits per heavy atom. The highest BCUT2D eigenvalue weighted by Gasteiger charge is 2.28. The number of carbonyl (C=O) groups excluding carboxylic acids is 2. The van der Waals surface area contributed by atoms with Crippen LogP contribution < -0.4 is 10.8 Å². The molecule has 1 aliphatic heterocycles. The number of hydroxylamine groups is 1. The first-order chi connectivity index (χ1) is 13.0. The van der Waals surface area contributed by atoms with Gasteiger partial charge in [0.2, 0.25) is 0 Å². The Morgan fingerprint density at radius 1 is 0.815 bits per heavy atom. The molecule has 1 heterocycles. The fraction of sp³-hybridized carbons (Fsp3) is 0.263. The van der Waals surface area contributed by atoms with Crippen LogP contribution in [0.5, 0.6) is 11.5 Å². The number of hydrogen-bond donors (Lipinski definition) is 4. The van der Waals surface area contributed by atoms with Gasteiger partial charge in [-0.05, 0) is 41.8 Å². The average molecular weight is 372 g/mol. The summed E-state index contributed by atoms with van der Waals surface area (Å²) in [6.07, 6.45) is 0.538. The molecule has 4 N–H and O–H groups in total. The third-order valence-corrected chi connectivity index (χ3v) is 4.17. The summed E-state index contributed by atoms with van der Waals surface area (Å²) in [6, 6.07) is 11.2. The first-order valence-electron chi connectivity index (χ1n) is 8.43. The summed E-state index contributed by atoms with van der Waals surface area (Å²) in [5, 5.41) is 21.5. The summed E-state index contributed by atoms with van der Waals surface area (Å²) in [5.74, 6) is -0.876. The van der Waals surface area contributed by atoms with E-state index in [1.807, 2.05) is 0 Å². The molecule has 27 heavy (non-hydrogen) atoms. The number of carbonyl (C=O) groups is 2. The number of rotatable bonds is 4. The molecule has 1 saturated heterocycles. The highest BCUT2D eigenvalue weighted by Crippen LogP contribution is 2.14. The molecular formula is C19H20N2O6. The van der Waals surface area contributed by atoms with Crippen LogP contribution in [0.3, 0.4) is 0 Å². The molecule has 0 radical (unpaired) electrons. The molecule has 2 unspecified atom stereocenters. The fourth-order valence-corrected chi connectivity index (χ4v) is 2.66. The van der Waals surface area contributed by atoms with Crippen molar-refractivity contribution in [3.05, 3.63) is 59.7 Å². The Balaban J connectivity index is 1.64. The van der Waals surface area contributed by atoms with Gasteiger partial charge in [-0.15, -0.1) is 5.48 Å². The molecule has 8 heteroatoms. The Morgan fingerprint density at radius 2 is 1.33 bits per heavy atom. The average Bonchev–Trinajstić information content (AvgIpc) is 2.72. The topological polar surface area (TPSA) is 117 Å². The van der Waals surface area contributed by atoms with Gasteiger partial charge in [0.25, 0.3) is 0 Å². The maximum atomic E-state index is 12.3. The van der Waals surface area contributed by atoms with Crippen molar-refractivity contribution < 1.29 is 29.4 Å². The van der Waals surface area contributed by atoms with Crippen LogP contribution in [0.25, 0.3) is 0 Å². The first kappa shape index (κ1) is 18.7. The van der Waals surface area contributed by atoms with Gasteiger partial charge >= 0.3 is 11.9 Å². The van der Waals surface area contributed by atoms with E-state index in [0.29, 0.717) is 6.42 Å². The van der Waals surface area contributed by atoms with E-state index < -0.39 is 24.0 Å². The first-order valence-corrected chi connectivity index (χ1v) is 8.43. The zero-order valence-electron chi connectivity index (χ0n) is 14.4. The van der Waals surface area contributed by atoms with Crippen LogP contribution in [0.15, 0.2) is 48.5 Å². The zero-order chi connectivity index (χ0) is 19.2. The van der Waals surface area contributed by atoms with Crippen LogP contribution in [0.2, 0.25) is 0 Å². The highest BCUT2D eigenvalue weighted by molar-refractivity contribution is 5.79. The van der Waals surface area contributed by atoms with Gasteiger partial charge in [0.15, 0.2) is 0 Å². The largest absolute Gasteiger partial charge is 0.508 e. The monoisotopic (exact) mass is 372 g/mol. The van der Waals surface area contributed by atoms with E-state index in [1.54, 1.807) is 24.3 Å². The number of hydrogen-bond acceptors (Lipinski definition) is 8. The number of esters is 1. The molecule has 8 nitrogen and oxygen atoms in total. The van der Waals surface area contributed by atoms with Crippen molar-refractivity contribution in [2.45, 2.75) is 24.9 Å². The predicted molar refractivity (Wildman–Crippen MR) is 94.5 cm³/mol. The second-order valence-corrected chi connectivity index (χ2v) is 6.20.